The molecule has 1 aromatic carbocycles. The third kappa shape index (κ3) is 5.36. The molecular formula is C22H32N2O4Si. The Morgan fingerprint density at radius 2 is 1.97 bits per heavy atom. The lowest BCUT2D eigenvalue weighted by Gasteiger charge is -2.36. The van der Waals surface area contributed by atoms with Gasteiger partial charge in [0.15, 0.2) is 14.6 Å². The predicted octanol–water partition coefficient (Wildman–Crippen LogP) is 5.64. The average Bonchev–Trinajstić information content (AvgIpc) is 2.94. The summed E-state index contributed by atoms with van der Waals surface area (Å²) in [7, 11) is 0.0816. The Labute approximate surface area is 174 Å². The number of fused-ring (bicyclic) bond motifs is 1. The van der Waals surface area contributed by atoms with Gasteiger partial charge in [0.2, 0.25) is 0 Å². The Balaban J connectivity index is 2.28. The van der Waals surface area contributed by atoms with Gasteiger partial charge in [0.1, 0.15) is 0 Å². The van der Waals surface area contributed by atoms with Crippen LogP contribution >= 0.6 is 0 Å². The van der Waals surface area contributed by atoms with Crippen LogP contribution in [0.2, 0.25) is 18.1 Å². The first-order valence-electron chi connectivity index (χ1n) is 9.76. The number of anilines is 1. The molecule has 6 nitrogen and oxygen atoms in total. The molecule has 0 aliphatic carbocycles. The number of hydrogen-bond acceptors (Lipinski definition) is 4. The molecule has 0 bridgehead atoms. The van der Waals surface area contributed by atoms with E-state index in [0.717, 1.165) is 22.9 Å². The van der Waals surface area contributed by atoms with Crippen LogP contribution in [0.4, 0.5) is 10.5 Å². The summed E-state index contributed by atoms with van der Waals surface area (Å²) in [5.74, 6) is 0. The topological polar surface area (TPSA) is 69.6 Å². The molecule has 0 unspecified atom stereocenters. The van der Waals surface area contributed by atoms with E-state index in [0.29, 0.717) is 24.3 Å². The van der Waals surface area contributed by atoms with Gasteiger partial charge in [-0.2, -0.15) is 0 Å². The SMILES string of the molecule is C=CCCOC(=O)Nc1cc2c(cc1C=O)cc(CO[Si](C)(C)C(C)(C)C)n2C. The van der Waals surface area contributed by atoms with Gasteiger partial charge < -0.3 is 13.7 Å². The van der Waals surface area contributed by atoms with Gasteiger partial charge in [-0.1, -0.05) is 26.8 Å². The highest BCUT2D eigenvalue weighted by Gasteiger charge is 2.37. The summed E-state index contributed by atoms with van der Waals surface area (Å²) < 4.78 is 13.5. The van der Waals surface area contributed by atoms with Crippen molar-refractivity contribution in [2.45, 2.75) is 51.9 Å². The Bertz CT molecular complexity index is 910. The second-order valence-electron chi connectivity index (χ2n) is 8.70. The third-order valence-corrected chi connectivity index (χ3v) is 10.1. The minimum absolute atomic E-state index is 0.130. The molecule has 0 atom stereocenters. The normalized spacial score (nSPS) is 12.1. The minimum Gasteiger partial charge on any atom is -0.449 e. The van der Waals surface area contributed by atoms with Crippen LogP contribution in [-0.2, 0) is 22.8 Å². The number of aromatic nitrogens is 1. The number of benzene rings is 1. The Morgan fingerprint density at radius 3 is 2.55 bits per heavy atom. The number of amides is 1. The average molecular weight is 417 g/mol. The first-order chi connectivity index (χ1) is 13.5. The van der Waals surface area contributed by atoms with Gasteiger partial charge in [-0.05, 0) is 42.8 Å². The number of hydrogen-bond donors (Lipinski definition) is 1. The molecule has 2 aromatic rings. The van der Waals surface area contributed by atoms with Crippen LogP contribution < -0.4 is 5.32 Å². The molecule has 0 saturated carbocycles. The quantitative estimate of drug-likeness (QED) is 0.262. The molecule has 0 aliphatic heterocycles. The van der Waals surface area contributed by atoms with Gasteiger partial charge >= 0.3 is 6.09 Å². The van der Waals surface area contributed by atoms with Crippen molar-refractivity contribution in [3.8, 4) is 0 Å². The third-order valence-electron chi connectivity index (χ3n) is 5.62. The van der Waals surface area contributed by atoms with Gasteiger partial charge in [-0.25, -0.2) is 4.79 Å². The van der Waals surface area contributed by atoms with Crippen LogP contribution in [0.15, 0.2) is 30.9 Å². The summed E-state index contributed by atoms with van der Waals surface area (Å²) in [6.07, 6.45) is 2.39. The van der Waals surface area contributed by atoms with Gasteiger partial charge in [-0.15, -0.1) is 6.58 Å². The maximum atomic E-state index is 12.0. The van der Waals surface area contributed by atoms with E-state index in [-0.39, 0.29) is 11.6 Å². The summed E-state index contributed by atoms with van der Waals surface area (Å²) in [5, 5.41) is 3.72. The molecule has 0 fully saturated rings. The molecule has 7 heteroatoms. The Hall–Kier alpha value is -2.38. The van der Waals surface area contributed by atoms with Crippen molar-refractivity contribution >= 4 is 37.3 Å². The van der Waals surface area contributed by atoms with Gasteiger partial charge in [0.05, 0.1) is 24.4 Å². The molecule has 0 saturated heterocycles. The monoisotopic (exact) mass is 416 g/mol. The predicted molar refractivity (Wildman–Crippen MR) is 120 cm³/mol. The number of nitrogens with zero attached hydrogens (tertiary/aromatic N) is 1. The summed E-state index contributed by atoms with van der Waals surface area (Å²) in [4.78, 5) is 23.5. The largest absolute Gasteiger partial charge is 0.449 e. The van der Waals surface area contributed by atoms with E-state index in [1.54, 1.807) is 18.2 Å². The highest BCUT2D eigenvalue weighted by molar-refractivity contribution is 6.74. The number of carbonyl (C=O) groups excluding carboxylic acids is 2. The summed E-state index contributed by atoms with van der Waals surface area (Å²) >= 11 is 0. The lowest BCUT2D eigenvalue weighted by Crippen LogP contribution is -2.40. The maximum absolute atomic E-state index is 12.0. The molecule has 0 spiro atoms. The zero-order valence-electron chi connectivity index (χ0n) is 18.3. The van der Waals surface area contributed by atoms with Crippen LogP contribution in [0.3, 0.4) is 0 Å². The van der Waals surface area contributed by atoms with Crippen molar-refractivity contribution in [3.63, 3.8) is 0 Å². The molecule has 1 heterocycles. The zero-order chi connectivity index (χ0) is 21.8. The van der Waals surface area contributed by atoms with Crippen LogP contribution in [0, 0.1) is 0 Å². The first kappa shape index (κ1) is 22.9. The van der Waals surface area contributed by atoms with Gasteiger partial charge in [0.25, 0.3) is 0 Å². The number of aldehydes is 1. The fourth-order valence-electron chi connectivity index (χ4n) is 2.66. The summed E-state index contributed by atoms with van der Waals surface area (Å²) in [5.41, 5.74) is 2.76. The molecule has 0 aliphatic rings. The van der Waals surface area contributed by atoms with E-state index >= 15 is 0 Å². The highest BCUT2D eigenvalue weighted by Crippen LogP contribution is 2.37. The summed E-state index contributed by atoms with van der Waals surface area (Å²) in [6.45, 7) is 15.4. The number of nitrogens with one attached hydrogen (secondary N) is 1. The molecule has 1 amide bonds. The Kier molecular flexibility index (Phi) is 7.08. The van der Waals surface area contributed by atoms with Crippen LogP contribution in [0.25, 0.3) is 10.9 Å². The van der Waals surface area contributed by atoms with Crippen molar-refractivity contribution in [1.82, 2.24) is 4.57 Å². The lowest BCUT2D eigenvalue weighted by atomic mass is 10.1. The molecule has 158 valence electrons. The van der Waals surface area contributed by atoms with E-state index in [1.807, 2.05) is 17.7 Å². The molecule has 1 N–H and O–H groups in total. The van der Waals surface area contributed by atoms with Gasteiger partial charge in [0, 0.05) is 23.7 Å². The fraction of sp³-hybridized carbons (Fsp3) is 0.455. The fourth-order valence-corrected chi connectivity index (χ4v) is 3.60. The Morgan fingerprint density at radius 1 is 1.28 bits per heavy atom. The highest BCUT2D eigenvalue weighted by atomic mass is 28.4. The molecule has 1 aromatic heterocycles. The van der Waals surface area contributed by atoms with E-state index in [4.69, 9.17) is 9.16 Å². The maximum Gasteiger partial charge on any atom is 0.411 e. The van der Waals surface area contributed by atoms with Crippen molar-refractivity contribution in [2.24, 2.45) is 7.05 Å². The van der Waals surface area contributed by atoms with E-state index in [2.05, 4.69) is 45.8 Å². The van der Waals surface area contributed by atoms with E-state index in [1.165, 1.54) is 0 Å². The smallest absolute Gasteiger partial charge is 0.411 e. The van der Waals surface area contributed by atoms with E-state index in [9.17, 15) is 9.59 Å². The first-order valence-corrected chi connectivity index (χ1v) is 12.7. The molecular weight excluding hydrogens is 384 g/mol. The minimum atomic E-state index is -1.88. The van der Waals surface area contributed by atoms with Crippen molar-refractivity contribution < 1.29 is 18.8 Å². The van der Waals surface area contributed by atoms with Gasteiger partial charge in [-0.3, -0.25) is 10.1 Å². The number of rotatable bonds is 8. The standard InChI is InChI=1S/C22H32N2O4Si/c1-8-9-10-27-21(26)23-19-13-20-16(11-17(19)14-25)12-18(24(20)5)15-28-29(6,7)22(2,3)4/h8,11-14H,1,9-10,15H2,2-7H3,(H,23,26). The molecule has 29 heavy (non-hydrogen) atoms. The lowest BCUT2D eigenvalue weighted by molar-refractivity contribution is 0.112. The number of carbonyl (C=O) groups is 2. The zero-order valence-corrected chi connectivity index (χ0v) is 19.3. The van der Waals surface area contributed by atoms with E-state index < -0.39 is 14.4 Å². The van der Waals surface area contributed by atoms with Crippen LogP contribution in [0.1, 0.15) is 43.2 Å². The van der Waals surface area contributed by atoms with Crippen molar-refractivity contribution in [1.29, 1.82) is 0 Å². The second-order valence-corrected chi connectivity index (χ2v) is 13.5. The van der Waals surface area contributed by atoms with Crippen molar-refractivity contribution in [2.75, 3.05) is 11.9 Å². The number of ether oxygens (including phenoxy) is 1. The van der Waals surface area contributed by atoms with Crippen molar-refractivity contribution in [3.05, 3.63) is 42.1 Å². The summed E-state index contributed by atoms with van der Waals surface area (Å²) in [6, 6.07) is 5.60. The molecule has 0 radical (unpaired) electrons. The van der Waals surface area contributed by atoms with Crippen LogP contribution in [0.5, 0.6) is 0 Å². The second kappa shape index (κ2) is 8.96. The van der Waals surface area contributed by atoms with Crippen LogP contribution in [-0.4, -0.2) is 31.9 Å². The number of aryl methyl sites for hydroxylation is 1. The molecule has 2 rings (SSSR count).